The lowest BCUT2D eigenvalue weighted by Crippen LogP contribution is -2.10. The van der Waals surface area contributed by atoms with E-state index in [-0.39, 0.29) is 6.04 Å². The Morgan fingerprint density at radius 2 is 2.00 bits per heavy atom. The molecule has 0 aliphatic heterocycles. The molecule has 3 heteroatoms. The first kappa shape index (κ1) is 12.8. The van der Waals surface area contributed by atoms with Crippen LogP contribution in [0.4, 0.5) is 0 Å². The Kier molecular flexibility index (Phi) is 5.44. The van der Waals surface area contributed by atoms with Crippen molar-refractivity contribution in [2.75, 3.05) is 0 Å². The quantitative estimate of drug-likeness (QED) is 0.756. The smallest absolute Gasteiger partial charge is 0.0468 e. The molecule has 0 unspecified atom stereocenters. The molecule has 0 bridgehead atoms. The fourth-order valence-corrected chi connectivity index (χ4v) is 2.12. The van der Waals surface area contributed by atoms with Gasteiger partial charge in [0.25, 0.3) is 0 Å². The standard InChI is InChI=1S/C12H17Cl2N/c1-2-3-4-5-12(15)10-7-6-9(13)8-11(10)14/h6-8,12H,2-5,15H2,1H3/t12-/m1/s1. The van der Waals surface area contributed by atoms with Crippen molar-refractivity contribution in [2.24, 2.45) is 5.73 Å². The van der Waals surface area contributed by atoms with Crippen LogP contribution in [0.25, 0.3) is 0 Å². The third-order valence-corrected chi connectivity index (χ3v) is 3.04. The number of hydrogen-bond donors (Lipinski definition) is 1. The van der Waals surface area contributed by atoms with Crippen molar-refractivity contribution in [1.82, 2.24) is 0 Å². The van der Waals surface area contributed by atoms with Crippen LogP contribution >= 0.6 is 23.2 Å². The highest BCUT2D eigenvalue weighted by Crippen LogP contribution is 2.27. The molecule has 0 amide bonds. The van der Waals surface area contributed by atoms with Gasteiger partial charge in [-0.05, 0) is 24.1 Å². The lowest BCUT2D eigenvalue weighted by molar-refractivity contribution is 0.581. The first-order valence-corrected chi connectivity index (χ1v) is 6.11. The van der Waals surface area contributed by atoms with Gasteiger partial charge in [0, 0.05) is 16.1 Å². The molecule has 0 saturated carbocycles. The topological polar surface area (TPSA) is 26.0 Å². The maximum Gasteiger partial charge on any atom is 0.0468 e. The second kappa shape index (κ2) is 6.37. The molecule has 0 heterocycles. The summed E-state index contributed by atoms with van der Waals surface area (Å²) in [5, 5.41) is 1.33. The van der Waals surface area contributed by atoms with Crippen LogP contribution in [0.1, 0.15) is 44.2 Å². The first-order valence-electron chi connectivity index (χ1n) is 5.35. The average Bonchev–Trinajstić information content (AvgIpc) is 2.17. The Morgan fingerprint density at radius 3 is 2.60 bits per heavy atom. The molecular formula is C12H17Cl2N. The molecule has 1 aromatic rings. The van der Waals surface area contributed by atoms with Crippen LogP contribution < -0.4 is 5.73 Å². The van der Waals surface area contributed by atoms with Gasteiger partial charge in [0.2, 0.25) is 0 Å². The second-order valence-electron chi connectivity index (χ2n) is 3.77. The van der Waals surface area contributed by atoms with Crippen LogP contribution in [0.5, 0.6) is 0 Å². The predicted octanol–water partition coefficient (Wildman–Crippen LogP) is 4.57. The number of hydrogen-bond acceptors (Lipinski definition) is 1. The zero-order valence-electron chi connectivity index (χ0n) is 8.97. The monoisotopic (exact) mass is 245 g/mol. The first-order chi connectivity index (χ1) is 7.15. The van der Waals surface area contributed by atoms with Gasteiger partial charge in [0.05, 0.1) is 0 Å². The van der Waals surface area contributed by atoms with Gasteiger partial charge in [0.1, 0.15) is 0 Å². The molecule has 0 aromatic heterocycles. The molecule has 0 aliphatic rings. The average molecular weight is 246 g/mol. The van der Waals surface area contributed by atoms with Gasteiger partial charge in [-0.25, -0.2) is 0 Å². The molecule has 0 radical (unpaired) electrons. The van der Waals surface area contributed by atoms with E-state index in [2.05, 4.69) is 6.92 Å². The minimum atomic E-state index is 0.0290. The summed E-state index contributed by atoms with van der Waals surface area (Å²) >= 11 is 11.9. The van der Waals surface area contributed by atoms with Crippen LogP contribution in [0, 0.1) is 0 Å². The fourth-order valence-electron chi connectivity index (χ4n) is 1.57. The highest BCUT2D eigenvalue weighted by molar-refractivity contribution is 6.35. The molecule has 1 aromatic carbocycles. The Labute approximate surface area is 102 Å². The lowest BCUT2D eigenvalue weighted by Gasteiger charge is -2.13. The summed E-state index contributed by atoms with van der Waals surface area (Å²) in [6.07, 6.45) is 4.56. The number of halogens is 2. The summed E-state index contributed by atoms with van der Waals surface area (Å²) in [5.41, 5.74) is 7.06. The minimum Gasteiger partial charge on any atom is -0.324 e. The Balaban J connectivity index is 2.61. The normalized spacial score (nSPS) is 12.8. The largest absolute Gasteiger partial charge is 0.324 e. The van der Waals surface area contributed by atoms with E-state index in [4.69, 9.17) is 28.9 Å². The maximum absolute atomic E-state index is 6.07. The van der Waals surface area contributed by atoms with Crippen molar-refractivity contribution in [3.63, 3.8) is 0 Å². The van der Waals surface area contributed by atoms with E-state index < -0.39 is 0 Å². The van der Waals surface area contributed by atoms with Gasteiger partial charge in [-0.15, -0.1) is 0 Å². The van der Waals surface area contributed by atoms with Crippen molar-refractivity contribution in [1.29, 1.82) is 0 Å². The van der Waals surface area contributed by atoms with Gasteiger partial charge >= 0.3 is 0 Å². The lowest BCUT2D eigenvalue weighted by atomic mass is 10.0. The molecule has 1 atom stereocenters. The van der Waals surface area contributed by atoms with Gasteiger partial charge < -0.3 is 5.73 Å². The molecule has 2 N–H and O–H groups in total. The maximum atomic E-state index is 6.07. The number of nitrogens with two attached hydrogens (primary N) is 1. The van der Waals surface area contributed by atoms with Gasteiger partial charge in [-0.1, -0.05) is 55.5 Å². The van der Waals surface area contributed by atoms with E-state index in [0.29, 0.717) is 10.0 Å². The van der Waals surface area contributed by atoms with Crippen molar-refractivity contribution < 1.29 is 0 Å². The number of benzene rings is 1. The van der Waals surface area contributed by atoms with Gasteiger partial charge in [-0.3, -0.25) is 0 Å². The van der Waals surface area contributed by atoms with E-state index in [1.807, 2.05) is 12.1 Å². The highest BCUT2D eigenvalue weighted by atomic mass is 35.5. The number of rotatable bonds is 5. The van der Waals surface area contributed by atoms with E-state index in [9.17, 15) is 0 Å². The summed E-state index contributed by atoms with van der Waals surface area (Å²) in [6, 6.07) is 5.53. The highest BCUT2D eigenvalue weighted by Gasteiger charge is 2.09. The van der Waals surface area contributed by atoms with Crippen molar-refractivity contribution in [3.05, 3.63) is 33.8 Å². The molecule has 1 nitrogen and oxygen atoms in total. The zero-order chi connectivity index (χ0) is 11.3. The number of unbranched alkanes of at least 4 members (excludes halogenated alkanes) is 2. The Morgan fingerprint density at radius 1 is 1.27 bits per heavy atom. The van der Waals surface area contributed by atoms with E-state index >= 15 is 0 Å². The van der Waals surface area contributed by atoms with E-state index in [1.54, 1.807) is 6.07 Å². The van der Waals surface area contributed by atoms with Crippen LogP contribution in [0.2, 0.25) is 10.0 Å². The summed E-state index contributed by atoms with van der Waals surface area (Å²) in [5.74, 6) is 0. The van der Waals surface area contributed by atoms with Crippen LogP contribution in [0.15, 0.2) is 18.2 Å². The summed E-state index contributed by atoms with van der Waals surface area (Å²) in [4.78, 5) is 0. The van der Waals surface area contributed by atoms with Gasteiger partial charge in [-0.2, -0.15) is 0 Å². The van der Waals surface area contributed by atoms with Crippen molar-refractivity contribution >= 4 is 23.2 Å². The second-order valence-corrected chi connectivity index (χ2v) is 4.61. The predicted molar refractivity (Wildman–Crippen MR) is 67.5 cm³/mol. The third kappa shape index (κ3) is 4.02. The molecule has 0 fully saturated rings. The molecule has 1 rings (SSSR count). The summed E-state index contributed by atoms with van der Waals surface area (Å²) in [6.45, 7) is 2.18. The molecule has 0 aliphatic carbocycles. The van der Waals surface area contributed by atoms with Crippen molar-refractivity contribution in [3.8, 4) is 0 Å². The molecule has 84 valence electrons. The van der Waals surface area contributed by atoms with Crippen molar-refractivity contribution in [2.45, 2.75) is 38.6 Å². The summed E-state index contributed by atoms with van der Waals surface area (Å²) in [7, 11) is 0. The van der Waals surface area contributed by atoms with E-state index in [1.165, 1.54) is 12.8 Å². The Bertz CT molecular complexity index is 312. The molecule has 0 spiro atoms. The Hall–Kier alpha value is -0.240. The van der Waals surface area contributed by atoms with Crippen LogP contribution in [-0.2, 0) is 0 Å². The molecule has 15 heavy (non-hydrogen) atoms. The third-order valence-electron chi connectivity index (χ3n) is 2.48. The SMILES string of the molecule is CCCCC[C@@H](N)c1ccc(Cl)cc1Cl. The fraction of sp³-hybridized carbons (Fsp3) is 0.500. The minimum absolute atomic E-state index is 0.0290. The molecule has 0 saturated heterocycles. The summed E-state index contributed by atoms with van der Waals surface area (Å²) < 4.78 is 0. The molecular weight excluding hydrogens is 229 g/mol. The van der Waals surface area contributed by atoms with Gasteiger partial charge in [0.15, 0.2) is 0 Å². The van der Waals surface area contributed by atoms with Crippen LogP contribution in [-0.4, -0.2) is 0 Å². The van der Waals surface area contributed by atoms with Crippen LogP contribution in [0.3, 0.4) is 0 Å². The zero-order valence-corrected chi connectivity index (χ0v) is 10.5. The van der Waals surface area contributed by atoms with E-state index in [0.717, 1.165) is 18.4 Å².